The molecule has 2 heterocycles. The molecule has 0 saturated heterocycles. The molecule has 1 aromatic carbocycles. The van der Waals surface area contributed by atoms with E-state index in [1.54, 1.807) is 12.1 Å². The van der Waals surface area contributed by atoms with Crippen molar-refractivity contribution < 1.29 is 0 Å². The topological polar surface area (TPSA) is 35.6 Å². The fourth-order valence-corrected chi connectivity index (χ4v) is 2.92. The number of hydrogen-bond acceptors (Lipinski definition) is 2. The molecule has 0 aliphatic rings. The molecule has 7 heteroatoms. The molecule has 0 aliphatic carbocycles. The van der Waals surface area contributed by atoms with Gasteiger partial charge in [0.25, 0.3) is 0 Å². The predicted molar refractivity (Wildman–Crippen MR) is 86.8 cm³/mol. The largest absolute Gasteiger partial charge is 0.280 e. The third kappa shape index (κ3) is 2.31. The van der Waals surface area contributed by atoms with Gasteiger partial charge in [-0.15, -0.1) is 11.6 Å². The summed E-state index contributed by atoms with van der Waals surface area (Å²) in [6, 6.07) is 5.46. The van der Waals surface area contributed by atoms with Crippen molar-refractivity contribution in [3.63, 3.8) is 0 Å². The third-order valence-electron chi connectivity index (χ3n) is 3.39. The lowest BCUT2D eigenvalue weighted by atomic mass is 10.3. The van der Waals surface area contributed by atoms with Crippen LogP contribution in [-0.4, -0.2) is 19.3 Å². The molecule has 0 aliphatic heterocycles. The van der Waals surface area contributed by atoms with Crippen LogP contribution in [0, 0.1) is 0 Å². The molecule has 0 N–H and O–H groups in total. The number of hydrogen-bond donors (Lipinski definition) is 0. The second-order valence-electron chi connectivity index (χ2n) is 4.69. The average Bonchev–Trinajstić information content (AvgIpc) is 2.99. The molecule has 3 aromatic rings. The number of nitrogens with zero attached hydrogens (tertiary/aromatic N) is 4. The zero-order chi connectivity index (χ0) is 15.1. The van der Waals surface area contributed by atoms with Gasteiger partial charge in [-0.25, -0.2) is 9.67 Å². The maximum Gasteiger partial charge on any atom is 0.163 e. The lowest BCUT2D eigenvalue weighted by Crippen LogP contribution is -2.04. The first-order valence-electron chi connectivity index (χ1n) is 6.51. The van der Waals surface area contributed by atoms with Gasteiger partial charge in [0, 0.05) is 7.05 Å². The Hall–Kier alpha value is -1.23. The Kier molecular flexibility index (Phi) is 3.86. The van der Waals surface area contributed by atoms with E-state index in [1.807, 2.05) is 22.4 Å². The lowest BCUT2D eigenvalue weighted by molar-refractivity contribution is 0.744. The number of fused-ring (bicyclic) bond motifs is 1. The smallest absolute Gasteiger partial charge is 0.163 e. The summed E-state index contributed by atoms with van der Waals surface area (Å²) < 4.78 is 3.79. The van der Waals surface area contributed by atoms with Crippen LogP contribution in [0.15, 0.2) is 18.2 Å². The Morgan fingerprint density at radius 2 is 1.95 bits per heavy atom. The van der Waals surface area contributed by atoms with E-state index in [9.17, 15) is 0 Å². The van der Waals surface area contributed by atoms with Gasteiger partial charge in [0.1, 0.15) is 11.3 Å². The molecule has 3 rings (SSSR count). The zero-order valence-corrected chi connectivity index (χ0v) is 13.8. The fraction of sp³-hybridized carbons (Fsp3) is 0.286. The minimum atomic E-state index is 0.304. The summed E-state index contributed by atoms with van der Waals surface area (Å²) in [4.78, 5) is 4.62. The Morgan fingerprint density at radius 1 is 1.19 bits per heavy atom. The third-order valence-corrected chi connectivity index (χ3v) is 4.37. The highest BCUT2D eigenvalue weighted by Crippen LogP contribution is 2.29. The van der Waals surface area contributed by atoms with Crippen LogP contribution in [0.1, 0.15) is 18.4 Å². The second kappa shape index (κ2) is 5.52. The summed E-state index contributed by atoms with van der Waals surface area (Å²) in [7, 11) is 1.90. The standard InChI is InChI=1S/C14H13Cl3N4/c1-3-11-13-14(20(2)19-11)21(12(7-15)18-13)8-4-5-9(16)10(17)6-8/h4-6H,3,7H2,1-2H3. The zero-order valence-electron chi connectivity index (χ0n) is 11.6. The molecule has 0 saturated carbocycles. The van der Waals surface area contributed by atoms with Crippen LogP contribution in [0.5, 0.6) is 0 Å². The van der Waals surface area contributed by atoms with Crippen molar-refractivity contribution in [1.29, 1.82) is 0 Å². The van der Waals surface area contributed by atoms with E-state index in [2.05, 4.69) is 17.0 Å². The van der Waals surface area contributed by atoms with E-state index in [4.69, 9.17) is 34.8 Å². The van der Waals surface area contributed by atoms with Crippen LogP contribution >= 0.6 is 34.8 Å². The molecule has 4 nitrogen and oxygen atoms in total. The van der Waals surface area contributed by atoms with Crippen molar-refractivity contribution in [3.8, 4) is 5.69 Å². The minimum absolute atomic E-state index is 0.304. The normalized spacial score (nSPS) is 11.5. The Bertz CT molecular complexity index is 819. The molecule has 0 radical (unpaired) electrons. The predicted octanol–water partition coefficient (Wildman–Crippen LogP) is 4.37. The summed E-state index contributed by atoms with van der Waals surface area (Å²) in [6.07, 6.45) is 0.817. The molecule has 2 aromatic heterocycles. The molecule has 0 unspecified atom stereocenters. The number of benzene rings is 1. The van der Waals surface area contributed by atoms with Crippen molar-refractivity contribution in [2.24, 2.45) is 7.05 Å². The van der Waals surface area contributed by atoms with Gasteiger partial charge in [-0.3, -0.25) is 4.57 Å². The summed E-state index contributed by atoms with van der Waals surface area (Å²) in [6.45, 7) is 2.06. The average molecular weight is 344 g/mol. The molecule has 0 spiro atoms. The number of alkyl halides is 1. The van der Waals surface area contributed by atoms with Crippen LogP contribution < -0.4 is 0 Å². The number of imidazole rings is 1. The van der Waals surface area contributed by atoms with Crippen LogP contribution in [-0.2, 0) is 19.3 Å². The molecule has 0 bridgehead atoms. The Labute approximate surface area is 137 Å². The van der Waals surface area contributed by atoms with Crippen molar-refractivity contribution in [3.05, 3.63) is 39.8 Å². The van der Waals surface area contributed by atoms with Gasteiger partial charge in [0.2, 0.25) is 0 Å². The highest BCUT2D eigenvalue weighted by molar-refractivity contribution is 6.42. The molecule has 110 valence electrons. The van der Waals surface area contributed by atoms with Crippen molar-refractivity contribution in [2.45, 2.75) is 19.2 Å². The van der Waals surface area contributed by atoms with E-state index in [0.29, 0.717) is 15.9 Å². The van der Waals surface area contributed by atoms with Crippen molar-refractivity contribution >= 4 is 46.0 Å². The van der Waals surface area contributed by atoms with Gasteiger partial charge >= 0.3 is 0 Å². The van der Waals surface area contributed by atoms with Gasteiger partial charge in [0.05, 0.1) is 27.3 Å². The van der Waals surface area contributed by atoms with Gasteiger partial charge in [-0.2, -0.15) is 5.10 Å². The summed E-state index contributed by atoms with van der Waals surface area (Å²) >= 11 is 18.2. The van der Waals surface area contributed by atoms with E-state index in [0.717, 1.165) is 34.8 Å². The van der Waals surface area contributed by atoms with Gasteiger partial charge in [0.15, 0.2) is 5.65 Å². The molecule has 0 fully saturated rings. The van der Waals surface area contributed by atoms with Gasteiger partial charge < -0.3 is 0 Å². The first-order valence-corrected chi connectivity index (χ1v) is 7.80. The number of aryl methyl sites for hydroxylation is 2. The van der Waals surface area contributed by atoms with Crippen molar-refractivity contribution in [2.75, 3.05) is 0 Å². The fourth-order valence-electron chi connectivity index (χ4n) is 2.45. The first kappa shape index (κ1) is 14.7. The van der Waals surface area contributed by atoms with Crippen LogP contribution in [0.4, 0.5) is 0 Å². The number of rotatable bonds is 3. The maximum absolute atomic E-state index is 6.13. The molecule has 0 atom stereocenters. The first-order chi connectivity index (χ1) is 10.1. The van der Waals surface area contributed by atoms with Crippen LogP contribution in [0.25, 0.3) is 16.9 Å². The molecule has 21 heavy (non-hydrogen) atoms. The molecular weight excluding hydrogens is 331 g/mol. The van der Waals surface area contributed by atoms with E-state index < -0.39 is 0 Å². The quantitative estimate of drug-likeness (QED) is 0.662. The second-order valence-corrected chi connectivity index (χ2v) is 5.77. The minimum Gasteiger partial charge on any atom is -0.280 e. The van der Waals surface area contributed by atoms with Crippen LogP contribution in [0.2, 0.25) is 10.0 Å². The Balaban J connectivity index is 2.34. The highest BCUT2D eigenvalue weighted by atomic mass is 35.5. The molecule has 0 amide bonds. The van der Waals surface area contributed by atoms with Crippen LogP contribution in [0.3, 0.4) is 0 Å². The molecular formula is C14H13Cl3N4. The van der Waals surface area contributed by atoms with E-state index in [1.165, 1.54) is 0 Å². The summed E-state index contributed by atoms with van der Waals surface area (Å²) in [5, 5.41) is 5.51. The lowest BCUT2D eigenvalue weighted by Gasteiger charge is -2.09. The van der Waals surface area contributed by atoms with Gasteiger partial charge in [-0.1, -0.05) is 30.1 Å². The highest BCUT2D eigenvalue weighted by Gasteiger charge is 2.19. The summed E-state index contributed by atoms with van der Waals surface area (Å²) in [5.74, 6) is 1.06. The van der Waals surface area contributed by atoms with E-state index >= 15 is 0 Å². The monoisotopic (exact) mass is 342 g/mol. The van der Waals surface area contributed by atoms with E-state index in [-0.39, 0.29) is 0 Å². The van der Waals surface area contributed by atoms with Gasteiger partial charge in [-0.05, 0) is 24.6 Å². The SMILES string of the molecule is CCc1nn(C)c2c1nc(CCl)n2-c1ccc(Cl)c(Cl)c1. The number of halogens is 3. The van der Waals surface area contributed by atoms with Crippen molar-refractivity contribution in [1.82, 2.24) is 19.3 Å². The maximum atomic E-state index is 6.13. The number of aromatic nitrogens is 4. The summed E-state index contributed by atoms with van der Waals surface area (Å²) in [5.41, 5.74) is 3.61. The Morgan fingerprint density at radius 3 is 2.57 bits per heavy atom.